The van der Waals surface area contributed by atoms with Crippen LogP contribution in [-0.4, -0.2) is 48.3 Å². The van der Waals surface area contributed by atoms with Gasteiger partial charge in [0.05, 0.1) is 6.61 Å². The van der Waals surface area contributed by atoms with Crippen molar-refractivity contribution < 1.29 is 5.11 Å². The Bertz CT molecular complexity index is 238. The Balaban J connectivity index is 1.60. The van der Waals surface area contributed by atoms with Gasteiger partial charge in [-0.1, -0.05) is 0 Å². The predicted octanol–water partition coefficient (Wildman–Crippen LogP) is 1.61. The molecule has 2 rings (SSSR count). The summed E-state index contributed by atoms with van der Waals surface area (Å²) in [6.07, 6.45) is 7.70. The lowest BCUT2D eigenvalue weighted by Gasteiger charge is -2.30. The van der Waals surface area contributed by atoms with Crippen LogP contribution in [0.3, 0.4) is 0 Å². The molecule has 0 heterocycles. The standard InChI is InChI=1S/C14H28N2O/c1-14(11-17,15-13-6-7-13)8-3-9-16(2)10-12-4-5-12/h12-13,15,17H,3-11H2,1-2H3. The van der Waals surface area contributed by atoms with Crippen molar-refractivity contribution in [1.29, 1.82) is 0 Å². The molecule has 0 aromatic rings. The molecule has 0 radical (unpaired) electrons. The first-order valence-corrected chi connectivity index (χ1v) is 7.18. The van der Waals surface area contributed by atoms with E-state index in [2.05, 4.69) is 24.2 Å². The van der Waals surface area contributed by atoms with Crippen molar-refractivity contribution in [3.8, 4) is 0 Å². The van der Waals surface area contributed by atoms with Crippen molar-refractivity contribution in [2.75, 3.05) is 26.7 Å². The predicted molar refractivity (Wildman–Crippen MR) is 71.1 cm³/mol. The van der Waals surface area contributed by atoms with E-state index >= 15 is 0 Å². The number of rotatable bonds is 9. The Morgan fingerprint density at radius 2 is 2.00 bits per heavy atom. The van der Waals surface area contributed by atoms with Crippen LogP contribution >= 0.6 is 0 Å². The molecule has 2 fully saturated rings. The summed E-state index contributed by atoms with van der Waals surface area (Å²) in [4.78, 5) is 2.45. The summed E-state index contributed by atoms with van der Waals surface area (Å²) >= 11 is 0. The quantitative estimate of drug-likeness (QED) is 0.643. The van der Waals surface area contributed by atoms with Gasteiger partial charge in [0.15, 0.2) is 0 Å². The highest BCUT2D eigenvalue weighted by atomic mass is 16.3. The molecule has 1 atom stereocenters. The molecule has 0 spiro atoms. The first kappa shape index (κ1) is 13.3. The number of aliphatic hydroxyl groups excluding tert-OH is 1. The van der Waals surface area contributed by atoms with Crippen LogP contribution in [0.15, 0.2) is 0 Å². The molecule has 0 aromatic heterocycles. The first-order valence-electron chi connectivity index (χ1n) is 7.18. The minimum Gasteiger partial charge on any atom is -0.394 e. The molecule has 2 N–H and O–H groups in total. The van der Waals surface area contributed by atoms with Gasteiger partial charge in [0.25, 0.3) is 0 Å². The molecule has 0 saturated heterocycles. The second-order valence-corrected chi connectivity index (χ2v) is 6.45. The molecule has 1 unspecified atom stereocenters. The minimum atomic E-state index is -0.0540. The van der Waals surface area contributed by atoms with Gasteiger partial charge >= 0.3 is 0 Å². The van der Waals surface area contributed by atoms with Crippen molar-refractivity contribution in [1.82, 2.24) is 10.2 Å². The minimum absolute atomic E-state index is 0.0540. The number of nitrogens with one attached hydrogen (secondary N) is 1. The molecule has 2 aliphatic rings. The van der Waals surface area contributed by atoms with Gasteiger partial charge in [-0.15, -0.1) is 0 Å². The average molecular weight is 240 g/mol. The molecular formula is C14H28N2O. The maximum Gasteiger partial charge on any atom is 0.0610 e. The molecule has 2 aliphatic carbocycles. The lowest BCUT2D eigenvalue weighted by atomic mass is 9.96. The highest BCUT2D eigenvalue weighted by molar-refractivity contribution is 4.92. The van der Waals surface area contributed by atoms with E-state index in [1.54, 1.807) is 0 Å². The molecule has 100 valence electrons. The van der Waals surface area contributed by atoms with Gasteiger partial charge in [-0.2, -0.15) is 0 Å². The van der Waals surface area contributed by atoms with Crippen LogP contribution in [-0.2, 0) is 0 Å². The number of aliphatic hydroxyl groups is 1. The number of hydrogen-bond acceptors (Lipinski definition) is 3. The summed E-state index contributed by atoms with van der Waals surface area (Å²) in [7, 11) is 2.23. The fourth-order valence-corrected chi connectivity index (χ4v) is 2.49. The third kappa shape index (κ3) is 4.94. The van der Waals surface area contributed by atoms with E-state index in [0.29, 0.717) is 6.04 Å². The van der Waals surface area contributed by atoms with Crippen molar-refractivity contribution in [3.05, 3.63) is 0 Å². The molecule has 0 aromatic carbocycles. The average Bonchev–Trinajstić information content (AvgIpc) is 3.14. The van der Waals surface area contributed by atoms with Gasteiger partial charge in [0, 0.05) is 18.1 Å². The van der Waals surface area contributed by atoms with Crippen LogP contribution < -0.4 is 5.32 Å². The van der Waals surface area contributed by atoms with E-state index in [-0.39, 0.29) is 12.1 Å². The SMILES string of the molecule is CN(CCCC(C)(CO)NC1CC1)CC1CC1. The van der Waals surface area contributed by atoms with Crippen LogP contribution in [0.5, 0.6) is 0 Å². The van der Waals surface area contributed by atoms with Gasteiger partial charge < -0.3 is 15.3 Å². The highest BCUT2D eigenvalue weighted by Gasteiger charge is 2.31. The van der Waals surface area contributed by atoms with Crippen molar-refractivity contribution in [3.63, 3.8) is 0 Å². The van der Waals surface area contributed by atoms with Crippen molar-refractivity contribution >= 4 is 0 Å². The third-order valence-electron chi connectivity index (χ3n) is 4.01. The Morgan fingerprint density at radius 1 is 1.29 bits per heavy atom. The maximum absolute atomic E-state index is 9.51. The summed E-state index contributed by atoms with van der Waals surface area (Å²) in [5.41, 5.74) is -0.0540. The molecule has 2 saturated carbocycles. The summed E-state index contributed by atoms with van der Waals surface area (Å²) in [6, 6.07) is 0.677. The smallest absolute Gasteiger partial charge is 0.0610 e. The third-order valence-corrected chi connectivity index (χ3v) is 4.01. The molecule has 0 bridgehead atoms. The van der Waals surface area contributed by atoms with Crippen LogP contribution in [0.4, 0.5) is 0 Å². The molecule has 3 heteroatoms. The zero-order valence-electron chi connectivity index (χ0n) is 11.4. The molecular weight excluding hydrogens is 212 g/mol. The summed E-state index contributed by atoms with van der Waals surface area (Å²) in [6.45, 7) is 4.85. The Morgan fingerprint density at radius 3 is 2.53 bits per heavy atom. The van der Waals surface area contributed by atoms with Crippen LogP contribution in [0.1, 0.15) is 45.4 Å². The fraction of sp³-hybridized carbons (Fsp3) is 1.00. The van der Waals surface area contributed by atoms with Gasteiger partial charge in [0.1, 0.15) is 0 Å². The zero-order chi connectivity index (χ0) is 12.3. The van der Waals surface area contributed by atoms with Gasteiger partial charge in [-0.3, -0.25) is 0 Å². The van der Waals surface area contributed by atoms with Crippen molar-refractivity contribution in [2.45, 2.75) is 57.0 Å². The Kier molecular flexibility index (Phi) is 4.45. The Labute approximate surface area is 106 Å². The van der Waals surface area contributed by atoms with Crippen LogP contribution in [0.25, 0.3) is 0 Å². The maximum atomic E-state index is 9.51. The molecule has 0 amide bonds. The van der Waals surface area contributed by atoms with Crippen molar-refractivity contribution in [2.24, 2.45) is 5.92 Å². The molecule has 17 heavy (non-hydrogen) atoms. The summed E-state index contributed by atoms with van der Waals surface area (Å²) in [5.74, 6) is 0.980. The van der Waals surface area contributed by atoms with E-state index in [1.165, 1.54) is 45.2 Å². The number of hydrogen-bond donors (Lipinski definition) is 2. The summed E-state index contributed by atoms with van der Waals surface area (Å²) < 4.78 is 0. The van der Waals surface area contributed by atoms with Gasteiger partial charge in [0.2, 0.25) is 0 Å². The van der Waals surface area contributed by atoms with E-state index in [0.717, 1.165) is 12.3 Å². The second-order valence-electron chi connectivity index (χ2n) is 6.45. The van der Waals surface area contributed by atoms with E-state index in [4.69, 9.17) is 0 Å². The largest absolute Gasteiger partial charge is 0.394 e. The van der Waals surface area contributed by atoms with Crippen LogP contribution in [0.2, 0.25) is 0 Å². The fourth-order valence-electron chi connectivity index (χ4n) is 2.49. The normalized spacial score (nSPS) is 24.0. The summed E-state index contributed by atoms with van der Waals surface area (Å²) in [5, 5.41) is 13.1. The number of nitrogens with zero attached hydrogens (tertiary/aromatic N) is 1. The first-order chi connectivity index (χ1) is 8.11. The second kappa shape index (κ2) is 5.68. The highest BCUT2D eigenvalue weighted by Crippen LogP contribution is 2.29. The van der Waals surface area contributed by atoms with Gasteiger partial charge in [-0.05, 0) is 65.0 Å². The topological polar surface area (TPSA) is 35.5 Å². The molecule has 0 aliphatic heterocycles. The van der Waals surface area contributed by atoms with E-state index in [9.17, 15) is 5.11 Å². The van der Waals surface area contributed by atoms with E-state index in [1.807, 2.05) is 0 Å². The molecule has 3 nitrogen and oxygen atoms in total. The lowest BCUT2D eigenvalue weighted by Crippen LogP contribution is -2.47. The van der Waals surface area contributed by atoms with Crippen LogP contribution in [0, 0.1) is 5.92 Å². The van der Waals surface area contributed by atoms with Gasteiger partial charge in [-0.25, -0.2) is 0 Å². The lowest BCUT2D eigenvalue weighted by molar-refractivity contribution is 0.156. The Hall–Kier alpha value is -0.120. The van der Waals surface area contributed by atoms with E-state index < -0.39 is 0 Å². The monoisotopic (exact) mass is 240 g/mol. The zero-order valence-corrected chi connectivity index (χ0v) is 11.4.